The van der Waals surface area contributed by atoms with Crippen LogP contribution in [0.25, 0.3) is 0 Å². The summed E-state index contributed by atoms with van der Waals surface area (Å²) in [6.07, 6.45) is 2.14. The maximum absolute atomic E-state index is 11.9. The third-order valence-corrected chi connectivity index (χ3v) is 5.31. The van der Waals surface area contributed by atoms with E-state index < -0.39 is 16.0 Å². The van der Waals surface area contributed by atoms with E-state index in [1.165, 1.54) is 11.3 Å². The molecule has 0 radical (unpaired) electrons. The van der Waals surface area contributed by atoms with Crippen LogP contribution in [0.3, 0.4) is 0 Å². The van der Waals surface area contributed by atoms with E-state index in [-0.39, 0.29) is 12.4 Å². The molecular formula is C13H21NO4S2. The molecule has 0 spiro atoms. The Morgan fingerprint density at radius 2 is 2.05 bits per heavy atom. The molecule has 7 heteroatoms. The van der Waals surface area contributed by atoms with Gasteiger partial charge in [0.25, 0.3) is 0 Å². The van der Waals surface area contributed by atoms with Crippen molar-refractivity contribution in [3.8, 4) is 0 Å². The number of esters is 1. The fourth-order valence-electron chi connectivity index (χ4n) is 1.58. The third kappa shape index (κ3) is 4.79. The maximum Gasteiger partial charge on any atom is 0.341 e. The molecule has 5 nitrogen and oxygen atoms in total. The van der Waals surface area contributed by atoms with Crippen LogP contribution in [0.5, 0.6) is 0 Å². The molecule has 0 aromatic carbocycles. The zero-order chi connectivity index (χ0) is 15.2. The Morgan fingerprint density at radius 3 is 2.60 bits per heavy atom. The molecule has 0 atom stereocenters. The Bertz CT molecular complexity index is 549. The molecule has 0 unspecified atom stereocenters. The average molecular weight is 319 g/mol. The Hall–Kier alpha value is -1.08. The summed E-state index contributed by atoms with van der Waals surface area (Å²) < 4.78 is 31.3. The summed E-state index contributed by atoms with van der Waals surface area (Å²) >= 11 is 1.28. The number of hydrogen-bond donors (Lipinski definition) is 1. The zero-order valence-electron chi connectivity index (χ0n) is 12.1. The fourth-order valence-corrected chi connectivity index (χ4v) is 4.13. The number of ether oxygens (including phenoxy) is 1. The van der Waals surface area contributed by atoms with Crippen molar-refractivity contribution in [1.29, 1.82) is 0 Å². The number of hydrogen-bond acceptors (Lipinski definition) is 5. The van der Waals surface area contributed by atoms with Crippen molar-refractivity contribution in [2.75, 3.05) is 17.1 Å². The van der Waals surface area contributed by atoms with Gasteiger partial charge >= 0.3 is 5.97 Å². The SMILES string of the molecule is CCCCS(=O)(=O)Nc1sc(CC)cc1C(=O)OCC. The first-order chi connectivity index (χ1) is 9.43. The van der Waals surface area contributed by atoms with E-state index >= 15 is 0 Å². The highest BCUT2D eigenvalue weighted by molar-refractivity contribution is 7.92. The Labute approximate surface area is 124 Å². The first kappa shape index (κ1) is 17.0. The Morgan fingerprint density at radius 1 is 1.35 bits per heavy atom. The first-order valence-electron chi connectivity index (χ1n) is 6.73. The molecule has 0 bridgehead atoms. The monoisotopic (exact) mass is 319 g/mol. The molecular weight excluding hydrogens is 298 g/mol. The van der Waals surface area contributed by atoms with Crippen LogP contribution in [0.15, 0.2) is 6.07 Å². The number of aryl methyl sites for hydroxylation is 1. The van der Waals surface area contributed by atoms with Gasteiger partial charge in [0.1, 0.15) is 5.00 Å². The quantitative estimate of drug-likeness (QED) is 0.748. The minimum absolute atomic E-state index is 0.0606. The van der Waals surface area contributed by atoms with Crippen molar-refractivity contribution in [3.63, 3.8) is 0 Å². The van der Waals surface area contributed by atoms with Crippen LogP contribution in [0.4, 0.5) is 5.00 Å². The van der Waals surface area contributed by atoms with Crippen LogP contribution in [-0.4, -0.2) is 26.7 Å². The second-order valence-electron chi connectivity index (χ2n) is 4.30. The van der Waals surface area contributed by atoms with Crippen LogP contribution in [0, 0.1) is 0 Å². The summed E-state index contributed by atoms with van der Waals surface area (Å²) in [5.74, 6) is -0.429. The van der Waals surface area contributed by atoms with Crippen LogP contribution in [0.2, 0.25) is 0 Å². The lowest BCUT2D eigenvalue weighted by atomic mass is 10.2. The highest BCUT2D eigenvalue weighted by Crippen LogP contribution is 2.30. The lowest BCUT2D eigenvalue weighted by molar-refractivity contribution is 0.0528. The topological polar surface area (TPSA) is 72.5 Å². The predicted molar refractivity (Wildman–Crippen MR) is 82.0 cm³/mol. The number of sulfonamides is 1. The van der Waals surface area contributed by atoms with Gasteiger partial charge in [-0.2, -0.15) is 0 Å². The fraction of sp³-hybridized carbons (Fsp3) is 0.615. The molecule has 0 fully saturated rings. The molecule has 0 aliphatic heterocycles. The van der Waals surface area contributed by atoms with Gasteiger partial charge in [-0.05, 0) is 25.8 Å². The molecule has 1 rings (SSSR count). The number of carbonyl (C=O) groups is 1. The molecule has 0 aliphatic carbocycles. The number of nitrogens with one attached hydrogen (secondary N) is 1. The molecule has 1 N–H and O–H groups in total. The standard InChI is InChI=1S/C13H21NO4S2/c1-4-7-8-20(16,17)14-12-11(13(15)18-6-3)9-10(5-2)19-12/h9,14H,4-8H2,1-3H3. The first-order valence-corrected chi connectivity index (χ1v) is 9.20. The number of thiophene rings is 1. The summed E-state index contributed by atoms with van der Waals surface area (Å²) in [4.78, 5) is 12.8. The molecule has 114 valence electrons. The van der Waals surface area contributed by atoms with Crippen molar-refractivity contribution < 1.29 is 17.9 Å². The molecule has 0 saturated heterocycles. The van der Waals surface area contributed by atoms with Gasteiger partial charge in [0.15, 0.2) is 0 Å². The highest BCUT2D eigenvalue weighted by Gasteiger charge is 2.20. The van der Waals surface area contributed by atoms with E-state index in [1.807, 2.05) is 13.8 Å². The predicted octanol–water partition coefficient (Wildman–Crippen LogP) is 3.03. The summed E-state index contributed by atoms with van der Waals surface area (Å²) in [5.41, 5.74) is 0.300. The molecule has 20 heavy (non-hydrogen) atoms. The van der Waals surface area contributed by atoms with Crippen molar-refractivity contribution in [2.24, 2.45) is 0 Å². The lowest BCUT2D eigenvalue weighted by Crippen LogP contribution is -2.17. The second kappa shape index (κ2) is 7.64. The molecule has 0 saturated carbocycles. The van der Waals surface area contributed by atoms with Gasteiger partial charge in [-0.3, -0.25) is 4.72 Å². The summed E-state index contributed by atoms with van der Waals surface area (Å²) in [5, 5.41) is 0.358. The van der Waals surface area contributed by atoms with Gasteiger partial charge in [0.2, 0.25) is 10.0 Å². The molecule has 0 aliphatic rings. The van der Waals surface area contributed by atoms with Crippen molar-refractivity contribution in [1.82, 2.24) is 0 Å². The van der Waals surface area contributed by atoms with E-state index in [0.29, 0.717) is 17.0 Å². The average Bonchev–Trinajstić information content (AvgIpc) is 2.79. The van der Waals surface area contributed by atoms with Gasteiger partial charge in [0.05, 0.1) is 17.9 Å². The second-order valence-corrected chi connectivity index (χ2v) is 7.28. The van der Waals surface area contributed by atoms with Gasteiger partial charge in [0, 0.05) is 4.88 Å². The molecule has 0 amide bonds. The van der Waals surface area contributed by atoms with Crippen molar-refractivity contribution in [3.05, 3.63) is 16.5 Å². The zero-order valence-corrected chi connectivity index (χ0v) is 13.7. The van der Waals surface area contributed by atoms with E-state index in [9.17, 15) is 13.2 Å². The summed E-state index contributed by atoms with van der Waals surface area (Å²) in [6.45, 7) is 5.87. The normalized spacial score (nSPS) is 11.3. The number of unbranched alkanes of at least 4 members (excludes halogenated alkanes) is 1. The maximum atomic E-state index is 11.9. The number of anilines is 1. The van der Waals surface area contributed by atoms with Crippen LogP contribution in [-0.2, 0) is 21.2 Å². The largest absolute Gasteiger partial charge is 0.462 e. The number of carbonyl (C=O) groups excluding carboxylic acids is 1. The third-order valence-electron chi connectivity index (χ3n) is 2.64. The van der Waals surface area contributed by atoms with E-state index in [0.717, 1.165) is 17.7 Å². The molecule has 1 aromatic rings. The van der Waals surface area contributed by atoms with Crippen molar-refractivity contribution in [2.45, 2.75) is 40.0 Å². The Balaban J connectivity index is 2.98. The minimum Gasteiger partial charge on any atom is -0.462 e. The van der Waals surface area contributed by atoms with Gasteiger partial charge < -0.3 is 4.74 Å². The Kier molecular flexibility index (Phi) is 6.48. The van der Waals surface area contributed by atoms with E-state index in [1.54, 1.807) is 13.0 Å². The van der Waals surface area contributed by atoms with Crippen LogP contribution >= 0.6 is 11.3 Å². The molecule has 1 aromatic heterocycles. The van der Waals surface area contributed by atoms with Gasteiger partial charge in [-0.15, -0.1) is 11.3 Å². The lowest BCUT2D eigenvalue weighted by Gasteiger charge is -2.07. The summed E-state index contributed by atoms with van der Waals surface area (Å²) in [6, 6.07) is 1.69. The smallest absolute Gasteiger partial charge is 0.341 e. The van der Waals surface area contributed by atoms with Gasteiger partial charge in [-0.1, -0.05) is 20.3 Å². The highest BCUT2D eigenvalue weighted by atomic mass is 32.2. The van der Waals surface area contributed by atoms with Gasteiger partial charge in [-0.25, -0.2) is 13.2 Å². The van der Waals surface area contributed by atoms with Crippen LogP contribution in [0.1, 0.15) is 48.8 Å². The van der Waals surface area contributed by atoms with Crippen LogP contribution < -0.4 is 4.72 Å². The minimum atomic E-state index is -3.41. The molecule has 1 heterocycles. The van der Waals surface area contributed by atoms with E-state index in [2.05, 4.69) is 4.72 Å². The number of rotatable bonds is 8. The summed E-state index contributed by atoms with van der Waals surface area (Å²) in [7, 11) is -3.41. The van der Waals surface area contributed by atoms with Crippen molar-refractivity contribution >= 4 is 32.3 Å². The van der Waals surface area contributed by atoms with E-state index in [4.69, 9.17) is 4.74 Å².